The summed E-state index contributed by atoms with van der Waals surface area (Å²) in [5.41, 5.74) is 1.67. The zero-order valence-electron chi connectivity index (χ0n) is 10.0. The van der Waals surface area contributed by atoms with Crippen molar-refractivity contribution in [3.8, 4) is 0 Å². The Kier molecular flexibility index (Phi) is 4.29. The van der Waals surface area contributed by atoms with Crippen LogP contribution in [0.1, 0.15) is 18.9 Å². The molecule has 1 atom stereocenters. The first kappa shape index (κ1) is 12.7. The molecule has 1 aliphatic rings. The first-order valence-electron chi connectivity index (χ1n) is 6.00. The van der Waals surface area contributed by atoms with Gasteiger partial charge in [0.15, 0.2) is 0 Å². The summed E-state index contributed by atoms with van der Waals surface area (Å²) >= 11 is 2.00. The van der Waals surface area contributed by atoms with Crippen LogP contribution in [0.4, 0.5) is 10.1 Å². The number of aliphatic hydroxyl groups is 1. The van der Waals surface area contributed by atoms with Crippen molar-refractivity contribution in [2.75, 3.05) is 23.7 Å². The highest BCUT2D eigenvalue weighted by molar-refractivity contribution is 8.00. The molecule has 2 nitrogen and oxygen atoms in total. The number of rotatable bonds is 3. The van der Waals surface area contributed by atoms with Crippen LogP contribution in [0.15, 0.2) is 18.2 Å². The topological polar surface area (TPSA) is 23.5 Å². The molecule has 17 heavy (non-hydrogen) atoms. The van der Waals surface area contributed by atoms with E-state index in [2.05, 4.69) is 11.8 Å². The monoisotopic (exact) mass is 255 g/mol. The Morgan fingerprint density at radius 1 is 1.53 bits per heavy atom. The maximum absolute atomic E-state index is 13.1. The molecule has 1 N–H and O–H groups in total. The third-order valence-electron chi connectivity index (χ3n) is 3.15. The van der Waals surface area contributed by atoms with Crippen molar-refractivity contribution in [3.05, 3.63) is 29.6 Å². The van der Waals surface area contributed by atoms with Gasteiger partial charge < -0.3 is 10.0 Å². The summed E-state index contributed by atoms with van der Waals surface area (Å²) in [4.78, 5) is 2.26. The zero-order chi connectivity index (χ0) is 12.3. The molecule has 1 fully saturated rings. The van der Waals surface area contributed by atoms with Crippen molar-refractivity contribution in [3.63, 3.8) is 0 Å². The van der Waals surface area contributed by atoms with Crippen LogP contribution in [0.2, 0.25) is 0 Å². The van der Waals surface area contributed by atoms with Gasteiger partial charge in [0.2, 0.25) is 0 Å². The maximum atomic E-state index is 13.1. The molecule has 1 aromatic carbocycles. The summed E-state index contributed by atoms with van der Waals surface area (Å²) in [6.07, 6.45) is 1.15. The highest BCUT2D eigenvalue weighted by Crippen LogP contribution is 2.28. The molecular formula is C13H18FNOS. The van der Waals surface area contributed by atoms with Gasteiger partial charge in [0.05, 0.1) is 6.61 Å². The third-order valence-corrected chi connectivity index (χ3v) is 4.52. The van der Waals surface area contributed by atoms with Crippen LogP contribution < -0.4 is 4.90 Å². The number of hydrogen-bond acceptors (Lipinski definition) is 3. The fourth-order valence-corrected chi connectivity index (χ4v) is 3.35. The van der Waals surface area contributed by atoms with E-state index < -0.39 is 0 Å². The van der Waals surface area contributed by atoms with Crippen molar-refractivity contribution < 1.29 is 9.50 Å². The van der Waals surface area contributed by atoms with Crippen molar-refractivity contribution in [2.45, 2.75) is 25.2 Å². The first-order valence-corrected chi connectivity index (χ1v) is 7.05. The van der Waals surface area contributed by atoms with Gasteiger partial charge in [-0.2, -0.15) is 11.8 Å². The third kappa shape index (κ3) is 2.93. The van der Waals surface area contributed by atoms with Crippen LogP contribution in [0.5, 0.6) is 0 Å². The quantitative estimate of drug-likeness (QED) is 0.898. The molecule has 0 saturated carbocycles. The van der Waals surface area contributed by atoms with E-state index in [0.717, 1.165) is 31.0 Å². The summed E-state index contributed by atoms with van der Waals surface area (Å²) in [6, 6.07) is 4.68. The molecule has 0 aliphatic carbocycles. The van der Waals surface area contributed by atoms with Gasteiger partial charge in [-0.25, -0.2) is 4.39 Å². The number of benzene rings is 1. The normalized spacial score (nSPS) is 20.6. The van der Waals surface area contributed by atoms with E-state index >= 15 is 0 Å². The van der Waals surface area contributed by atoms with Crippen molar-refractivity contribution in [1.29, 1.82) is 0 Å². The molecule has 4 heteroatoms. The highest BCUT2D eigenvalue weighted by Gasteiger charge is 2.20. The molecule has 0 aromatic heterocycles. The Hall–Kier alpha value is -0.740. The number of aliphatic hydroxyl groups excluding tert-OH is 1. The van der Waals surface area contributed by atoms with Gasteiger partial charge in [0, 0.05) is 35.3 Å². The Morgan fingerprint density at radius 2 is 2.35 bits per heavy atom. The molecule has 1 aliphatic heterocycles. The molecule has 0 amide bonds. The molecule has 1 unspecified atom stereocenters. The average molecular weight is 255 g/mol. The Balaban J connectivity index is 2.20. The lowest BCUT2D eigenvalue weighted by Gasteiger charge is -2.34. The van der Waals surface area contributed by atoms with Crippen LogP contribution in [0, 0.1) is 5.82 Å². The predicted octanol–water partition coefficient (Wildman–Crippen LogP) is 2.65. The maximum Gasteiger partial charge on any atom is 0.123 e. The minimum atomic E-state index is -0.281. The lowest BCUT2D eigenvalue weighted by Crippen LogP contribution is -2.38. The molecule has 0 radical (unpaired) electrons. The lowest BCUT2D eigenvalue weighted by molar-refractivity contribution is 0.281. The van der Waals surface area contributed by atoms with E-state index in [-0.39, 0.29) is 12.4 Å². The Morgan fingerprint density at radius 3 is 3.06 bits per heavy atom. The van der Waals surface area contributed by atoms with Crippen molar-refractivity contribution >= 4 is 17.4 Å². The molecule has 1 heterocycles. The molecule has 0 spiro atoms. The van der Waals surface area contributed by atoms with Gasteiger partial charge in [-0.1, -0.05) is 6.92 Å². The summed E-state index contributed by atoms with van der Waals surface area (Å²) in [6.45, 7) is 4.05. The molecule has 1 aromatic rings. The molecule has 94 valence electrons. The molecular weight excluding hydrogens is 237 g/mol. The number of nitrogens with zero attached hydrogens (tertiary/aromatic N) is 1. The van der Waals surface area contributed by atoms with Gasteiger partial charge in [-0.15, -0.1) is 0 Å². The largest absolute Gasteiger partial charge is 0.392 e. The standard InChI is InChI=1S/C13H18FNOS/c1-2-12-8-15(5-6-17-12)13-4-3-11(14)7-10(13)9-16/h3-4,7,12,16H,2,5-6,8-9H2,1H3. The van der Waals surface area contributed by atoms with E-state index in [1.54, 1.807) is 6.07 Å². The Labute approximate surface area is 106 Å². The van der Waals surface area contributed by atoms with E-state index in [9.17, 15) is 9.50 Å². The first-order chi connectivity index (χ1) is 8.24. The second-order valence-electron chi connectivity index (χ2n) is 4.28. The summed E-state index contributed by atoms with van der Waals surface area (Å²) < 4.78 is 13.1. The summed E-state index contributed by atoms with van der Waals surface area (Å²) in [5, 5.41) is 9.94. The molecule has 1 saturated heterocycles. The molecule has 2 rings (SSSR count). The fraction of sp³-hybridized carbons (Fsp3) is 0.538. The van der Waals surface area contributed by atoms with Crippen molar-refractivity contribution in [1.82, 2.24) is 0 Å². The number of thioether (sulfide) groups is 1. The van der Waals surface area contributed by atoms with Gasteiger partial charge in [0.25, 0.3) is 0 Å². The van der Waals surface area contributed by atoms with Crippen LogP contribution in [0.3, 0.4) is 0 Å². The van der Waals surface area contributed by atoms with Crippen LogP contribution in [0.25, 0.3) is 0 Å². The van der Waals surface area contributed by atoms with E-state index in [4.69, 9.17) is 0 Å². The number of halogens is 1. The second kappa shape index (κ2) is 5.74. The summed E-state index contributed by atoms with van der Waals surface area (Å²) in [7, 11) is 0. The van der Waals surface area contributed by atoms with E-state index in [1.165, 1.54) is 12.1 Å². The Bertz CT molecular complexity index is 386. The van der Waals surface area contributed by atoms with Crippen LogP contribution in [-0.2, 0) is 6.61 Å². The van der Waals surface area contributed by atoms with Gasteiger partial charge in [-0.3, -0.25) is 0 Å². The average Bonchev–Trinajstić information content (AvgIpc) is 2.38. The van der Waals surface area contributed by atoms with E-state index in [1.807, 2.05) is 11.8 Å². The van der Waals surface area contributed by atoms with Crippen molar-refractivity contribution in [2.24, 2.45) is 0 Å². The highest BCUT2D eigenvalue weighted by atomic mass is 32.2. The van der Waals surface area contributed by atoms with Gasteiger partial charge in [-0.05, 0) is 24.6 Å². The van der Waals surface area contributed by atoms with Gasteiger partial charge in [0.1, 0.15) is 5.82 Å². The molecule has 0 bridgehead atoms. The minimum absolute atomic E-state index is 0.104. The predicted molar refractivity (Wildman–Crippen MR) is 71.1 cm³/mol. The van der Waals surface area contributed by atoms with Crippen LogP contribution in [-0.4, -0.2) is 29.2 Å². The lowest BCUT2D eigenvalue weighted by atomic mass is 10.1. The number of hydrogen-bond donors (Lipinski definition) is 1. The van der Waals surface area contributed by atoms with Crippen LogP contribution >= 0.6 is 11.8 Å². The smallest absolute Gasteiger partial charge is 0.123 e. The second-order valence-corrected chi connectivity index (χ2v) is 5.69. The fourth-order valence-electron chi connectivity index (χ4n) is 2.17. The van der Waals surface area contributed by atoms with E-state index in [0.29, 0.717) is 10.8 Å². The minimum Gasteiger partial charge on any atom is -0.392 e. The number of anilines is 1. The SMILES string of the molecule is CCC1CN(c2ccc(F)cc2CO)CCS1. The van der Waals surface area contributed by atoms with Gasteiger partial charge >= 0.3 is 0 Å². The zero-order valence-corrected chi connectivity index (χ0v) is 10.8. The summed E-state index contributed by atoms with van der Waals surface area (Å²) in [5.74, 6) is 0.817.